The summed E-state index contributed by atoms with van der Waals surface area (Å²) in [5.74, 6) is 0. The van der Waals surface area contributed by atoms with E-state index in [4.69, 9.17) is 5.73 Å². The maximum Gasteiger partial charge on any atom is 0.0926 e. The number of aromatic amines is 1. The molecular weight excluding hydrogens is 198 g/mol. The van der Waals surface area contributed by atoms with Gasteiger partial charge in [0.15, 0.2) is 0 Å². The van der Waals surface area contributed by atoms with Crippen molar-refractivity contribution in [1.82, 2.24) is 10.2 Å². The highest BCUT2D eigenvalue weighted by molar-refractivity contribution is 5.86. The summed E-state index contributed by atoms with van der Waals surface area (Å²) in [6.07, 6.45) is 2.41. The van der Waals surface area contributed by atoms with E-state index in [1.165, 1.54) is 23.8 Å². The third-order valence-corrected chi connectivity index (χ3v) is 3.96. The second-order valence-electron chi connectivity index (χ2n) is 4.99. The van der Waals surface area contributed by atoms with Gasteiger partial charge in [0, 0.05) is 22.5 Å². The number of benzene rings is 1. The molecule has 0 spiro atoms. The topological polar surface area (TPSA) is 54.7 Å². The van der Waals surface area contributed by atoms with Crippen LogP contribution in [0.15, 0.2) is 18.2 Å². The van der Waals surface area contributed by atoms with Crippen molar-refractivity contribution >= 4 is 10.9 Å². The molecule has 0 bridgehead atoms. The number of nitrogens with one attached hydrogen (secondary N) is 1. The van der Waals surface area contributed by atoms with Gasteiger partial charge in [-0.25, -0.2) is 0 Å². The van der Waals surface area contributed by atoms with Crippen LogP contribution in [0.2, 0.25) is 0 Å². The Kier molecular flexibility index (Phi) is 1.89. The van der Waals surface area contributed by atoms with Crippen LogP contribution in [0.25, 0.3) is 10.9 Å². The highest BCUT2D eigenvalue weighted by atomic mass is 15.1. The maximum atomic E-state index is 6.14. The molecule has 2 aromatic rings. The van der Waals surface area contributed by atoms with E-state index >= 15 is 0 Å². The lowest BCUT2D eigenvalue weighted by molar-refractivity contribution is 0.560. The average molecular weight is 215 g/mol. The molecule has 1 unspecified atom stereocenters. The van der Waals surface area contributed by atoms with Gasteiger partial charge in [0.2, 0.25) is 0 Å². The number of H-pyrrole nitrogens is 1. The quantitative estimate of drug-likeness (QED) is 0.807. The number of rotatable bonds is 2. The molecule has 1 heterocycles. The van der Waals surface area contributed by atoms with E-state index in [2.05, 4.69) is 42.2 Å². The molecule has 3 rings (SSSR count). The summed E-state index contributed by atoms with van der Waals surface area (Å²) in [5.41, 5.74) is 9.94. The Morgan fingerprint density at radius 3 is 2.81 bits per heavy atom. The van der Waals surface area contributed by atoms with E-state index in [0.29, 0.717) is 0 Å². The van der Waals surface area contributed by atoms with Crippen molar-refractivity contribution in [3.05, 3.63) is 29.5 Å². The summed E-state index contributed by atoms with van der Waals surface area (Å²) in [6, 6.07) is 6.56. The van der Waals surface area contributed by atoms with Crippen LogP contribution in [-0.4, -0.2) is 16.2 Å². The number of fused-ring (bicyclic) bond motifs is 1. The zero-order valence-corrected chi connectivity index (χ0v) is 9.75. The first-order valence-electron chi connectivity index (χ1n) is 5.85. The zero-order chi connectivity index (χ0) is 11.3. The maximum absolute atomic E-state index is 6.14. The summed E-state index contributed by atoms with van der Waals surface area (Å²) in [7, 11) is 0. The molecule has 3 nitrogen and oxygen atoms in total. The fourth-order valence-corrected chi connectivity index (χ4v) is 2.75. The van der Waals surface area contributed by atoms with Gasteiger partial charge >= 0.3 is 0 Å². The van der Waals surface area contributed by atoms with Crippen LogP contribution < -0.4 is 5.73 Å². The van der Waals surface area contributed by atoms with E-state index in [1.54, 1.807) is 0 Å². The van der Waals surface area contributed by atoms with Gasteiger partial charge in [-0.3, -0.25) is 5.10 Å². The normalized spacial score (nSPS) is 19.9. The Hall–Kier alpha value is -1.35. The molecule has 1 fully saturated rings. The largest absolute Gasteiger partial charge is 0.327 e. The van der Waals surface area contributed by atoms with Crippen molar-refractivity contribution in [2.45, 2.75) is 38.1 Å². The van der Waals surface area contributed by atoms with Crippen molar-refractivity contribution < 1.29 is 0 Å². The number of aryl methyl sites for hydroxylation is 1. The van der Waals surface area contributed by atoms with Crippen LogP contribution in [0.1, 0.15) is 31.0 Å². The first-order valence-corrected chi connectivity index (χ1v) is 5.85. The fourth-order valence-electron chi connectivity index (χ4n) is 2.75. The molecule has 0 radical (unpaired) electrons. The first kappa shape index (κ1) is 9.85. The SMILES string of the molecule is Cc1[nH]nc2cccc(C3(C(C)N)CC3)c12. The molecule has 0 aliphatic heterocycles. The molecule has 1 atom stereocenters. The van der Waals surface area contributed by atoms with Crippen LogP contribution in [0.4, 0.5) is 0 Å². The van der Waals surface area contributed by atoms with Crippen LogP contribution >= 0.6 is 0 Å². The summed E-state index contributed by atoms with van der Waals surface area (Å²) >= 11 is 0. The summed E-state index contributed by atoms with van der Waals surface area (Å²) in [5, 5.41) is 8.65. The van der Waals surface area contributed by atoms with Gasteiger partial charge in [-0.2, -0.15) is 5.10 Å². The molecule has 3 N–H and O–H groups in total. The Morgan fingerprint density at radius 1 is 1.44 bits per heavy atom. The highest BCUT2D eigenvalue weighted by Crippen LogP contribution is 2.52. The Bertz CT molecular complexity index is 535. The van der Waals surface area contributed by atoms with Crippen molar-refractivity contribution in [2.75, 3.05) is 0 Å². The minimum atomic E-state index is 0.203. The summed E-state index contributed by atoms with van der Waals surface area (Å²) < 4.78 is 0. The molecule has 1 aliphatic rings. The minimum absolute atomic E-state index is 0.203. The van der Waals surface area contributed by atoms with Crippen molar-refractivity contribution in [2.24, 2.45) is 5.73 Å². The molecule has 1 aromatic carbocycles. The molecular formula is C13H17N3. The lowest BCUT2D eigenvalue weighted by Crippen LogP contribution is -2.31. The molecule has 0 amide bonds. The Morgan fingerprint density at radius 2 is 2.19 bits per heavy atom. The fraction of sp³-hybridized carbons (Fsp3) is 0.462. The Balaban J connectivity index is 2.28. The number of aromatic nitrogens is 2. The van der Waals surface area contributed by atoms with Crippen LogP contribution in [0.5, 0.6) is 0 Å². The molecule has 84 valence electrons. The third-order valence-electron chi connectivity index (χ3n) is 3.96. The van der Waals surface area contributed by atoms with Crippen molar-refractivity contribution in [1.29, 1.82) is 0 Å². The second-order valence-corrected chi connectivity index (χ2v) is 4.99. The van der Waals surface area contributed by atoms with Gasteiger partial charge < -0.3 is 5.73 Å². The third kappa shape index (κ3) is 1.15. The average Bonchev–Trinajstić information content (AvgIpc) is 3.00. The lowest BCUT2D eigenvalue weighted by Gasteiger charge is -2.21. The summed E-state index contributed by atoms with van der Waals surface area (Å²) in [4.78, 5) is 0. The standard InChI is InChI=1S/C13H17N3/c1-8-12-10(13(6-7-13)9(2)14)4-3-5-11(12)16-15-8/h3-5,9H,6-7,14H2,1-2H3,(H,15,16). The van der Waals surface area contributed by atoms with E-state index in [-0.39, 0.29) is 11.5 Å². The number of nitrogens with two attached hydrogens (primary N) is 1. The van der Waals surface area contributed by atoms with Gasteiger partial charge in [0.1, 0.15) is 0 Å². The predicted molar refractivity (Wildman–Crippen MR) is 65.4 cm³/mol. The predicted octanol–water partition coefficient (Wildman–Crippen LogP) is 2.25. The van der Waals surface area contributed by atoms with Gasteiger partial charge in [-0.1, -0.05) is 12.1 Å². The molecule has 1 saturated carbocycles. The van der Waals surface area contributed by atoms with Crippen LogP contribution in [-0.2, 0) is 5.41 Å². The van der Waals surface area contributed by atoms with Crippen molar-refractivity contribution in [3.63, 3.8) is 0 Å². The van der Waals surface area contributed by atoms with Crippen molar-refractivity contribution in [3.8, 4) is 0 Å². The smallest absolute Gasteiger partial charge is 0.0926 e. The first-order chi connectivity index (χ1) is 7.65. The molecule has 3 heteroatoms. The van der Waals surface area contributed by atoms with Gasteiger partial charge in [0.25, 0.3) is 0 Å². The van der Waals surface area contributed by atoms with Gasteiger partial charge in [-0.05, 0) is 38.3 Å². The van der Waals surface area contributed by atoms with Crippen LogP contribution in [0, 0.1) is 6.92 Å². The number of hydrogen-bond acceptors (Lipinski definition) is 2. The summed E-state index contributed by atoms with van der Waals surface area (Å²) in [6.45, 7) is 4.19. The van der Waals surface area contributed by atoms with Gasteiger partial charge in [0.05, 0.1) is 5.52 Å². The van der Waals surface area contributed by atoms with E-state index < -0.39 is 0 Å². The lowest BCUT2D eigenvalue weighted by atomic mass is 9.86. The molecule has 16 heavy (non-hydrogen) atoms. The number of hydrogen-bond donors (Lipinski definition) is 2. The minimum Gasteiger partial charge on any atom is -0.327 e. The zero-order valence-electron chi connectivity index (χ0n) is 9.75. The van der Waals surface area contributed by atoms with E-state index in [9.17, 15) is 0 Å². The monoisotopic (exact) mass is 215 g/mol. The molecule has 1 aliphatic carbocycles. The molecule has 0 saturated heterocycles. The second kappa shape index (κ2) is 3.08. The Labute approximate surface area is 95.0 Å². The number of nitrogens with zero attached hydrogens (tertiary/aromatic N) is 1. The highest BCUT2D eigenvalue weighted by Gasteiger charge is 2.48. The van der Waals surface area contributed by atoms with Gasteiger partial charge in [-0.15, -0.1) is 0 Å². The van der Waals surface area contributed by atoms with E-state index in [0.717, 1.165) is 11.2 Å². The molecule has 1 aromatic heterocycles. The van der Waals surface area contributed by atoms with Crippen LogP contribution in [0.3, 0.4) is 0 Å². The van der Waals surface area contributed by atoms with E-state index in [1.807, 2.05) is 0 Å².